The number of benzene rings is 2. The summed E-state index contributed by atoms with van der Waals surface area (Å²) >= 11 is 7.06. The van der Waals surface area contributed by atoms with Gasteiger partial charge in [0.15, 0.2) is 11.0 Å². The van der Waals surface area contributed by atoms with Crippen molar-refractivity contribution in [3.8, 4) is 5.75 Å². The van der Waals surface area contributed by atoms with Crippen LogP contribution in [0.4, 0.5) is 11.4 Å². The van der Waals surface area contributed by atoms with Crippen LogP contribution in [0.15, 0.2) is 53.7 Å². The number of nitro groups is 1. The van der Waals surface area contributed by atoms with Crippen LogP contribution in [0.5, 0.6) is 5.75 Å². The van der Waals surface area contributed by atoms with Crippen molar-refractivity contribution in [1.29, 1.82) is 0 Å². The van der Waals surface area contributed by atoms with Crippen LogP contribution in [-0.2, 0) is 17.9 Å². The SMILES string of the molecule is CCn1c(COc2ccc(Cl)cc2)nnc1SCC(=O)Nc1ccccc1[N+](=O)[O-]. The van der Waals surface area contributed by atoms with Gasteiger partial charge in [-0.3, -0.25) is 14.9 Å². The number of hydrogen-bond donors (Lipinski definition) is 1. The zero-order valence-corrected chi connectivity index (χ0v) is 17.5. The van der Waals surface area contributed by atoms with E-state index in [0.717, 1.165) is 0 Å². The van der Waals surface area contributed by atoms with Gasteiger partial charge in [0.05, 0.1) is 10.7 Å². The number of nitrogens with one attached hydrogen (secondary N) is 1. The van der Waals surface area contributed by atoms with Gasteiger partial charge in [-0.15, -0.1) is 10.2 Å². The summed E-state index contributed by atoms with van der Waals surface area (Å²) in [6.07, 6.45) is 0. The van der Waals surface area contributed by atoms with Gasteiger partial charge in [-0.25, -0.2) is 0 Å². The second-order valence-electron chi connectivity index (χ2n) is 6.00. The van der Waals surface area contributed by atoms with Crippen molar-refractivity contribution in [3.63, 3.8) is 0 Å². The molecule has 3 rings (SSSR count). The molecule has 0 saturated heterocycles. The Morgan fingerprint density at radius 2 is 1.97 bits per heavy atom. The fourth-order valence-electron chi connectivity index (χ4n) is 2.58. The summed E-state index contributed by atoms with van der Waals surface area (Å²) in [6.45, 7) is 2.75. The van der Waals surface area contributed by atoms with Crippen molar-refractivity contribution in [3.05, 3.63) is 69.5 Å². The molecule has 0 spiro atoms. The number of halogens is 1. The second kappa shape index (κ2) is 10.1. The van der Waals surface area contributed by atoms with Gasteiger partial charge in [-0.05, 0) is 37.3 Å². The number of carbonyl (C=O) groups excluding carboxylic acids is 1. The molecule has 3 aromatic rings. The number of ether oxygens (including phenoxy) is 1. The quantitative estimate of drug-likeness (QED) is 0.297. The van der Waals surface area contributed by atoms with E-state index in [0.29, 0.717) is 28.3 Å². The highest BCUT2D eigenvalue weighted by molar-refractivity contribution is 7.99. The molecule has 30 heavy (non-hydrogen) atoms. The number of rotatable bonds is 9. The van der Waals surface area contributed by atoms with Crippen molar-refractivity contribution in [2.24, 2.45) is 0 Å². The topological polar surface area (TPSA) is 112 Å². The third kappa shape index (κ3) is 5.49. The van der Waals surface area contributed by atoms with Crippen LogP contribution >= 0.6 is 23.4 Å². The van der Waals surface area contributed by atoms with Crippen LogP contribution in [0.2, 0.25) is 5.02 Å². The average molecular weight is 448 g/mol. The Morgan fingerprint density at radius 3 is 2.67 bits per heavy atom. The Hall–Kier alpha value is -3.11. The zero-order chi connectivity index (χ0) is 21.5. The lowest BCUT2D eigenvalue weighted by atomic mass is 10.2. The summed E-state index contributed by atoms with van der Waals surface area (Å²) in [7, 11) is 0. The van der Waals surface area contributed by atoms with Crippen LogP contribution in [0, 0.1) is 10.1 Å². The summed E-state index contributed by atoms with van der Waals surface area (Å²) in [5.41, 5.74) is -0.00341. The summed E-state index contributed by atoms with van der Waals surface area (Å²) in [5.74, 6) is 0.929. The number of para-hydroxylation sites is 2. The second-order valence-corrected chi connectivity index (χ2v) is 7.38. The molecule has 0 bridgehead atoms. The minimum absolute atomic E-state index is 0.0300. The molecule has 0 aliphatic carbocycles. The lowest BCUT2D eigenvalue weighted by Crippen LogP contribution is -2.15. The zero-order valence-electron chi connectivity index (χ0n) is 15.9. The summed E-state index contributed by atoms with van der Waals surface area (Å²) in [4.78, 5) is 22.8. The average Bonchev–Trinajstić information content (AvgIpc) is 3.14. The van der Waals surface area contributed by atoms with E-state index in [-0.39, 0.29) is 29.6 Å². The van der Waals surface area contributed by atoms with Crippen molar-refractivity contribution < 1.29 is 14.5 Å². The third-order valence-corrected chi connectivity index (χ3v) is 5.22. The lowest BCUT2D eigenvalue weighted by Gasteiger charge is -2.09. The highest BCUT2D eigenvalue weighted by atomic mass is 35.5. The van der Waals surface area contributed by atoms with Crippen LogP contribution in [0.3, 0.4) is 0 Å². The molecule has 9 nitrogen and oxygen atoms in total. The van der Waals surface area contributed by atoms with E-state index in [1.54, 1.807) is 36.4 Å². The third-order valence-electron chi connectivity index (χ3n) is 4.00. The highest BCUT2D eigenvalue weighted by Gasteiger charge is 2.17. The maximum atomic E-state index is 12.3. The molecular weight excluding hydrogens is 430 g/mol. The number of hydrogen-bond acceptors (Lipinski definition) is 7. The molecule has 0 atom stereocenters. The summed E-state index contributed by atoms with van der Waals surface area (Å²) < 4.78 is 7.55. The molecule has 1 N–H and O–H groups in total. The molecule has 1 heterocycles. The van der Waals surface area contributed by atoms with Gasteiger partial charge in [-0.1, -0.05) is 35.5 Å². The van der Waals surface area contributed by atoms with E-state index in [1.807, 2.05) is 11.5 Å². The monoisotopic (exact) mass is 447 g/mol. The molecule has 0 aliphatic rings. The number of anilines is 1. The number of nitrogens with zero attached hydrogens (tertiary/aromatic N) is 4. The van der Waals surface area contributed by atoms with Crippen LogP contribution in [0.1, 0.15) is 12.7 Å². The molecule has 1 amide bonds. The minimum Gasteiger partial charge on any atom is -0.486 e. The molecule has 1 aromatic heterocycles. The van der Waals surface area contributed by atoms with Crippen molar-refractivity contribution >= 4 is 40.6 Å². The minimum atomic E-state index is -0.538. The highest BCUT2D eigenvalue weighted by Crippen LogP contribution is 2.24. The predicted molar refractivity (Wildman–Crippen MR) is 114 cm³/mol. The van der Waals surface area contributed by atoms with Crippen molar-refractivity contribution in [1.82, 2.24) is 14.8 Å². The summed E-state index contributed by atoms with van der Waals surface area (Å²) in [5, 5.41) is 23.1. The molecule has 156 valence electrons. The van der Waals surface area contributed by atoms with E-state index in [1.165, 1.54) is 23.9 Å². The lowest BCUT2D eigenvalue weighted by molar-refractivity contribution is -0.383. The van der Waals surface area contributed by atoms with Gasteiger partial charge in [-0.2, -0.15) is 0 Å². The molecule has 0 fully saturated rings. The fraction of sp³-hybridized carbons (Fsp3) is 0.211. The Balaban J connectivity index is 1.60. The van der Waals surface area contributed by atoms with Gasteiger partial charge >= 0.3 is 0 Å². The Morgan fingerprint density at radius 1 is 1.23 bits per heavy atom. The number of aromatic nitrogens is 3. The van der Waals surface area contributed by atoms with Gasteiger partial charge in [0.2, 0.25) is 5.91 Å². The number of thioether (sulfide) groups is 1. The number of amides is 1. The van der Waals surface area contributed by atoms with E-state index in [9.17, 15) is 14.9 Å². The number of carbonyl (C=O) groups is 1. The smallest absolute Gasteiger partial charge is 0.292 e. The molecule has 0 saturated carbocycles. The van der Waals surface area contributed by atoms with E-state index >= 15 is 0 Å². The largest absolute Gasteiger partial charge is 0.486 e. The number of nitro benzene ring substituents is 1. The van der Waals surface area contributed by atoms with E-state index in [4.69, 9.17) is 16.3 Å². The molecular formula is C19H18ClN5O4S. The molecule has 11 heteroatoms. The normalized spacial score (nSPS) is 10.6. The standard InChI is InChI=1S/C19H18ClN5O4S/c1-2-24-17(11-29-14-9-7-13(20)8-10-14)22-23-19(24)30-12-18(26)21-15-5-3-4-6-16(15)25(27)28/h3-10H,2,11-12H2,1H3,(H,21,26). The first-order valence-electron chi connectivity index (χ1n) is 8.94. The molecule has 2 aromatic carbocycles. The maximum Gasteiger partial charge on any atom is 0.292 e. The van der Waals surface area contributed by atoms with E-state index in [2.05, 4.69) is 15.5 Å². The summed E-state index contributed by atoms with van der Waals surface area (Å²) in [6, 6.07) is 13.0. The Labute approximate surface area is 181 Å². The first-order valence-corrected chi connectivity index (χ1v) is 10.3. The van der Waals surface area contributed by atoms with Crippen LogP contribution in [0.25, 0.3) is 0 Å². The van der Waals surface area contributed by atoms with Gasteiger partial charge in [0, 0.05) is 17.6 Å². The predicted octanol–water partition coefficient (Wildman–Crippen LogP) is 4.17. The first kappa shape index (κ1) is 21.6. The van der Waals surface area contributed by atoms with Crippen LogP contribution in [-0.4, -0.2) is 31.3 Å². The Kier molecular flexibility index (Phi) is 7.26. The molecule has 0 aliphatic heterocycles. The van der Waals surface area contributed by atoms with Gasteiger partial charge in [0.1, 0.15) is 18.0 Å². The fourth-order valence-corrected chi connectivity index (χ4v) is 3.53. The van der Waals surface area contributed by atoms with Gasteiger partial charge in [0.25, 0.3) is 5.69 Å². The Bertz CT molecular complexity index is 1040. The maximum absolute atomic E-state index is 12.3. The molecule has 0 radical (unpaired) electrons. The van der Waals surface area contributed by atoms with Crippen LogP contribution < -0.4 is 10.1 Å². The van der Waals surface area contributed by atoms with Crippen molar-refractivity contribution in [2.75, 3.05) is 11.1 Å². The van der Waals surface area contributed by atoms with Gasteiger partial charge < -0.3 is 14.6 Å². The molecule has 0 unspecified atom stereocenters. The first-order chi connectivity index (χ1) is 14.5. The van der Waals surface area contributed by atoms with E-state index < -0.39 is 4.92 Å². The van der Waals surface area contributed by atoms with Crippen molar-refractivity contribution in [2.45, 2.75) is 25.2 Å².